The van der Waals surface area contributed by atoms with Gasteiger partial charge >= 0.3 is 6.18 Å². The van der Waals surface area contributed by atoms with Crippen molar-refractivity contribution in [3.63, 3.8) is 0 Å². The van der Waals surface area contributed by atoms with Crippen molar-refractivity contribution >= 4 is 0 Å². The van der Waals surface area contributed by atoms with Crippen molar-refractivity contribution in [2.24, 2.45) is 29.6 Å². The molecule has 0 aromatic heterocycles. The van der Waals surface area contributed by atoms with E-state index in [-0.39, 0.29) is 6.08 Å². The van der Waals surface area contributed by atoms with E-state index >= 15 is 0 Å². The van der Waals surface area contributed by atoms with Crippen LogP contribution in [0.5, 0.6) is 0 Å². The lowest BCUT2D eigenvalue weighted by molar-refractivity contribution is -0.0821. The van der Waals surface area contributed by atoms with Crippen LogP contribution in [0.1, 0.15) is 133 Å². The van der Waals surface area contributed by atoms with Gasteiger partial charge in [-0.1, -0.05) is 69.7 Å². The SMILES string of the molecule is CCCCCC1CCC(c2ccc(CCC3CCC(C4CCC(/C(F)=C/C(F)(F)F)CC4)CC3)cc2)CC1. The van der Waals surface area contributed by atoms with Gasteiger partial charge in [0.05, 0.1) is 6.08 Å². The van der Waals surface area contributed by atoms with Crippen molar-refractivity contribution < 1.29 is 17.6 Å². The average molecular weight is 535 g/mol. The molecule has 0 unspecified atom stereocenters. The minimum atomic E-state index is -4.55. The van der Waals surface area contributed by atoms with Crippen LogP contribution in [0, 0.1) is 29.6 Å². The number of rotatable bonds is 10. The number of aryl methyl sites for hydroxylation is 1. The second-order valence-electron chi connectivity index (χ2n) is 13.0. The van der Waals surface area contributed by atoms with Crippen molar-refractivity contribution in [3.8, 4) is 0 Å². The fourth-order valence-electron chi connectivity index (χ4n) is 7.88. The Kier molecular flexibility index (Phi) is 11.2. The van der Waals surface area contributed by atoms with Crippen LogP contribution in [0.2, 0.25) is 0 Å². The van der Waals surface area contributed by atoms with E-state index in [1.54, 1.807) is 5.56 Å². The predicted octanol–water partition coefficient (Wildman–Crippen LogP) is 11.5. The van der Waals surface area contributed by atoms with Gasteiger partial charge in [-0.15, -0.1) is 0 Å². The molecule has 4 rings (SSSR count). The van der Waals surface area contributed by atoms with Crippen LogP contribution in [-0.2, 0) is 6.42 Å². The van der Waals surface area contributed by atoms with Gasteiger partial charge in [0, 0.05) is 5.92 Å². The Morgan fingerprint density at radius 2 is 1.29 bits per heavy atom. The summed E-state index contributed by atoms with van der Waals surface area (Å²) in [4.78, 5) is 0. The molecule has 4 heteroatoms. The van der Waals surface area contributed by atoms with Gasteiger partial charge in [0.15, 0.2) is 0 Å². The highest BCUT2D eigenvalue weighted by Gasteiger charge is 2.34. The predicted molar refractivity (Wildman–Crippen MR) is 150 cm³/mol. The monoisotopic (exact) mass is 534 g/mol. The third-order valence-corrected chi connectivity index (χ3v) is 10.4. The van der Waals surface area contributed by atoms with Crippen molar-refractivity contribution in [1.82, 2.24) is 0 Å². The Balaban J connectivity index is 1.12. The Bertz CT molecular complexity index is 830. The Morgan fingerprint density at radius 1 is 0.737 bits per heavy atom. The van der Waals surface area contributed by atoms with Gasteiger partial charge in [0.25, 0.3) is 0 Å². The molecule has 0 atom stereocenters. The van der Waals surface area contributed by atoms with E-state index in [1.165, 1.54) is 89.0 Å². The average Bonchev–Trinajstić information content (AvgIpc) is 2.92. The molecular weight excluding hydrogens is 484 g/mol. The second-order valence-corrected chi connectivity index (χ2v) is 13.0. The Hall–Kier alpha value is -1.32. The summed E-state index contributed by atoms with van der Waals surface area (Å²) in [6, 6.07) is 9.55. The molecule has 0 amide bonds. The zero-order valence-corrected chi connectivity index (χ0v) is 23.6. The zero-order valence-electron chi connectivity index (χ0n) is 23.6. The lowest BCUT2D eigenvalue weighted by atomic mass is 9.68. The van der Waals surface area contributed by atoms with Crippen molar-refractivity contribution in [2.75, 3.05) is 0 Å². The number of hydrogen-bond donors (Lipinski definition) is 0. The number of alkyl halides is 3. The van der Waals surface area contributed by atoms with Crippen molar-refractivity contribution in [2.45, 2.75) is 135 Å². The minimum Gasteiger partial charge on any atom is -0.212 e. The molecule has 0 heterocycles. The number of allylic oxidation sites excluding steroid dienone is 2. The molecule has 0 saturated heterocycles. The van der Waals surface area contributed by atoms with E-state index in [9.17, 15) is 17.6 Å². The van der Waals surface area contributed by atoms with E-state index in [0.717, 1.165) is 37.0 Å². The molecule has 0 radical (unpaired) electrons. The number of hydrogen-bond acceptors (Lipinski definition) is 0. The van der Waals surface area contributed by atoms with Crippen LogP contribution in [-0.4, -0.2) is 6.18 Å². The molecule has 3 saturated carbocycles. The molecule has 0 aliphatic heterocycles. The van der Waals surface area contributed by atoms with Crippen molar-refractivity contribution in [3.05, 3.63) is 47.3 Å². The van der Waals surface area contributed by atoms with E-state index in [0.29, 0.717) is 24.7 Å². The van der Waals surface area contributed by atoms with Crippen LogP contribution >= 0.6 is 0 Å². The quantitative estimate of drug-likeness (QED) is 0.207. The first-order valence-corrected chi connectivity index (χ1v) is 15.8. The molecular formula is C34H50F4. The molecule has 0 bridgehead atoms. The van der Waals surface area contributed by atoms with Crippen molar-refractivity contribution in [1.29, 1.82) is 0 Å². The van der Waals surface area contributed by atoms with Crippen LogP contribution in [0.15, 0.2) is 36.2 Å². The van der Waals surface area contributed by atoms with Gasteiger partial charge in [-0.05, 0) is 118 Å². The van der Waals surface area contributed by atoms with Gasteiger partial charge in [0.2, 0.25) is 0 Å². The molecule has 3 aliphatic carbocycles. The molecule has 1 aromatic rings. The topological polar surface area (TPSA) is 0 Å². The number of benzene rings is 1. The van der Waals surface area contributed by atoms with Gasteiger partial charge in [-0.25, -0.2) is 4.39 Å². The van der Waals surface area contributed by atoms with E-state index in [4.69, 9.17) is 0 Å². The maximum atomic E-state index is 13.9. The molecule has 214 valence electrons. The van der Waals surface area contributed by atoms with Crippen LogP contribution < -0.4 is 0 Å². The fourth-order valence-corrected chi connectivity index (χ4v) is 7.88. The zero-order chi connectivity index (χ0) is 27.0. The summed E-state index contributed by atoms with van der Waals surface area (Å²) in [6.07, 6.45) is 16.8. The lowest BCUT2D eigenvalue weighted by Gasteiger charge is -2.37. The van der Waals surface area contributed by atoms with Crippen LogP contribution in [0.4, 0.5) is 17.6 Å². The maximum absolute atomic E-state index is 13.9. The molecule has 0 spiro atoms. The van der Waals surface area contributed by atoms with E-state index < -0.39 is 17.9 Å². The Labute approximate surface area is 229 Å². The summed E-state index contributed by atoms with van der Waals surface area (Å²) in [5.74, 6) is 2.28. The standard InChI is InChI=1S/C34H50F4/c1-2-3-4-5-25-8-14-28(15-9-25)29-16-10-26(11-17-29)6-7-27-12-18-30(19-13-27)31-20-22-32(23-21-31)33(35)24-34(36,37)38/h10-11,16-17,24-25,27-28,30-32H,2-9,12-15,18-23H2,1H3/b33-24-. The van der Waals surface area contributed by atoms with Gasteiger partial charge in [0.1, 0.15) is 5.83 Å². The normalized spacial score (nSPS) is 31.3. The third-order valence-electron chi connectivity index (χ3n) is 10.4. The Morgan fingerprint density at radius 3 is 1.87 bits per heavy atom. The fraction of sp³-hybridized carbons (Fsp3) is 0.765. The highest BCUT2D eigenvalue weighted by molar-refractivity contribution is 5.26. The first-order chi connectivity index (χ1) is 18.3. The van der Waals surface area contributed by atoms with E-state index in [1.807, 2.05) is 0 Å². The molecule has 3 fully saturated rings. The van der Waals surface area contributed by atoms with Gasteiger partial charge < -0.3 is 0 Å². The molecule has 0 N–H and O–H groups in total. The highest BCUT2D eigenvalue weighted by atomic mass is 19.4. The molecule has 0 nitrogen and oxygen atoms in total. The third kappa shape index (κ3) is 9.12. The molecule has 38 heavy (non-hydrogen) atoms. The first kappa shape index (κ1) is 29.7. The van der Waals surface area contributed by atoms with Crippen LogP contribution in [0.25, 0.3) is 0 Å². The smallest absolute Gasteiger partial charge is 0.212 e. The lowest BCUT2D eigenvalue weighted by Crippen LogP contribution is -2.26. The maximum Gasteiger partial charge on any atom is 0.412 e. The second kappa shape index (κ2) is 14.4. The minimum absolute atomic E-state index is 0.128. The van der Waals surface area contributed by atoms with E-state index in [2.05, 4.69) is 31.2 Å². The van der Waals surface area contributed by atoms with Crippen LogP contribution in [0.3, 0.4) is 0 Å². The highest BCUT2D eigenvalue weighted by Crippen LogP contribution is 2.44. The summed E-state index contributed by atoms with van der Waals surface area (Å²) in [6.45, 7) is 2.29. The molecule has 3 aliphatic rings. The first-order valence-electron chi connectivity index (χ1n) is 15.8. The number of unbranched alkanes of at least 4 members (excludes halogenated alkanes) is 2. The molecule has 1 aromatic carbocycles. The summed E-state index contributed by atoms with van der Waals surface area (Å²) in [5.41, 5.74) is 3.01. The summed E-state index contributed by atoms with van der Waals surface area (Å²) >= 11 is 0. The van der Waals surface area contributed by atoms with Gasteiger partial charge in [-0.3, -0.25) is 0 Å². The van der Waals surface area contributed by atoms with Gasteiger partial charge in [-0.2, -0.15) is 13.2 Å². The summed E-state index contributed by atoms with van der Waals surface area (Å²) < 4.78 is 51.4. The largest absolute Gasteiger partial charge is 0.412 e. The summed E-state index contributed by atoms with van der Waals surface area (Å²) in [7, 11) is 0. The summed E-state index contributed by atoms with van der Waals surface area (Å²) in [5, 5.41) is 0. The number of halogens is 4.